The van der Waals surface area contributed by atoms with E-state index in [0.717, 1.165) is 57.8 Å². The van der Waals surface area contributed by atoms with E-state index >= 15 is 0 Å². The van der Waals surface area contributed by atoms with Gasteiger partial charge >= 0.3 is 0 Å². The molecule has 25 heavy (non-hydrogen) atoms. The lowest BCUT2D eigenvalue weighted by atomic mass is 9.71. The van der Waals surface area contributed by atoms with Gasteiger partial charge in [0.2, 0.25) is 0 Å². The average molecular weight is 347 g/mol. The second-order valence-corrected chi connectivity index (χ2v) is 8.18. The monoisotopic (exact) mass is 346 g/mol. The summed E-state index contributed by atoms with van der Waals surface area (Å²) in [6, 6.07) is 8.51. The highest BCUT2D eigenvalue weighted by Crippen LogP contribution is 2.40. The summed E-state index contributed by atoms with van der Waals surface area (Å²) in [5.74, 6) is 1.43. The van der Waals surface area contributed by atoms with Gasteiger partial charge in [-0.2, -0.15) is 0 Å². The van der Waals surface area contributed by atoms with Crippen LogP contribution in [0, 0.1) is 5.92 Å². The lowest BCUT2D eigenvalue weighted by Crippen LogP contribution is -2.52. The van der Waals surface area contributed by atoms with Crippen molar-refractivity contribution in [3.63, 3.8) is 0 Å². The first kappa shape index (κ1) is 18.7. The average Bonchev–Trinajstić information content (AvgIpc) is 2.59. The molecule has 1 saturated heterocycles. The van der Waals surface area contributed by atoms with Crippen LogP contribution in [-0.4, -0.2) is 60.8 Å². The number of piperidine rings is 1. The molecule has 1 aromatic rings. The molecule has 1 saturated carbocycles. The Morgan fingerprint density at radius 2 is 2.16 bits per heavy atom. The fraction of sp³-hybridized carbons (Fsp3) is 0.714. The van der Waals surface area contributed by atoms with E-state index in [1.165, 1.54) is 24.8 Å². The summed E-state index contributed by atoms with van der Waals surface area (Å²) in [5, 5.41) is 10.8. The minimum Gasteiger partial charge on any atom is -0.494 e. The van der Waals surface area contributed by atoms with E-state index in [1.54, 1.807) is 0 Å². The van der Waals surface area contributed by atoms with Gasteiger partial charge in [-0.25, -0.2) is 0 Å². The maximum Gasteiger partial charge on any atom is 0.119 e. The van der Waals surface area contributed by atoms with Crippen molar-refractivity contribution in [1.29, 1.82) is 0 Å². The number of rotatable bonds is 7. The lowest BCUT2D eigenvalue weighted by Gasteiger charge is -2.47. The quantitative estimate of drug-likeness (QED) is 0.770. The Hall–Kier alpha value is -1.10. The van der Waals surface area contributed by atoms with Gasteiger partial charge in [-0.15, -0.1) is 0 Å². The Kier molecular flexibility index (Phi) is 6.37. The van der Waals surface area contributed by atoms with Crippen LogP contribution >= 0.6 is 0 Å². The fourth-order valence-corrected chi connectivity index (χ4v) is 4.35. The molecule has 3 rings (SSSR count). The zero-order valence-electron chi connectivity index (χ0n) is 15.9. The van der Waals surface area contributed by atoms with E-state index in [-0.39, 0.29) is 5.60 Å². The molecular formula is C21H34N2O2. The van der Waals surface area contributed by atoms with E-state index in [9.17, 15) is 5.11 Å². The van der Waals surface area contributed by atoms with Gasteiger partial charge in [-0.05, 0) is 57.5 Å². The van der Waals surface area contributed by atoms with Gasteiger partial charge in [0, 0.05) is 32.1 Å². The van der Waals surface area contributed by atoms with Crippen LogP contribution in [-0.2, 0) is 6.54 Å². The fourth-order valence-electron chi connectivity index (χ4n) is 4.35. The zero-order chi connectivity index (χ0) is 17.7. The summed E-state index contributed by atoms with van der Waals surface area (Å²) >= 11 is 0. The first-order valence-corrected chi connectivity index (χ1v) is 9.86. The van der Waals surface area contributed by atoms with Crippen LogP contribution in [0.5, 0.6) is 5.75 Å². The van der Waals surface area contributed by atoms with Crippen molar-refractivity contribution in [1.82, 2.24) is 9.80 Å². The molecular weight excluding hydrogens is 312 g/mol. The minimum absolute atomic E-state index is 0.383. The van der Waals surface area contributed by atoms with Crippen molar-refractivity contribution >= 4 is 0 Å². The molecule has 0 spiro atoms. The van der Waals surface area contributed by atoms with Gasteiger partial charge < -0.3 is 14.7 Å². The van der Waals surface area contributed by atoms with Gasteiger partial charge in [0.25, 0.3) is 0 Å². The van der Waals surface area contributed by atoms with Gasteiger partial charge in [-0.3, -0.25) is 4.90 Å². The third kappa shape index (κ3) is 5.19. The number of hydrogen-bond acceptors (Lipinski definition) is 4. The molecule has 2 fully saturated rings. The van der Waals surface area contributed by atoms with Crippen molar-refractivity contribution in [2.45, 2.75) is 50.7 Å². The highest BCUT2D eigenvalue weighted by molar-refractivity contribution is 5.28. The molecule has 1 aromatic carbocycles. The van der Waals surface area contributed by atoms with Gasteiger partial charge in [0.15, 0.2) is 0 Å². The normalized spacial score (nSPS) is 27.3. The molecule has 1 N–H and O–H groups in total. The summed E-state index contributed by atoms with van der Waals surface area (Å²) in [7, 11) is 4.18. The van der Waals surface area contributed by atoms with Crippen LogP contribution in [0.25, 0.3) is 0 Å². The van der Waals surface area contributed by atoms with E-state index in [1.807, 2.05) is 0 Å². The number of hydrogen-bond donors (Lipinski definition) is 1. The van der Waals surface area contributed by atoms with Crippen molar-refractivity contribution in [3.8, 4) is 5.75 Å². The second-order valence-electron chi connectivity index (χ2n) is 8.18. The van der Waals surface area contributed by atoms with Crippen LogP contribution in [0.3, 0.4) is 0 Å². The van der Waals surface area contributed by atoms with Crippen LogP contribution in [0.15, 0.2) is 24.3 Å². The van der Waals surface area contributed by atoms with Crippen molar-refractivity contribution in [3.05, 3.63) is 29.8 Å². The highest BCUT2D eigenvalue weighted by atomic mass is 16.5. The molecule has 0 bridgehead atoms. The number of likely N-dealkylation sites (tertiary alicyclic amines) is 1. The molecule has 1 aliphatic carbocycles. The van der Waals surface area contributed by atoms with Crippen molar-refractivity contribution in [2.75, 3.05) is 40.3 Å². The molecule has 2 atom stereocenters. The molecule has 1 heterocycles. The number of ether oxygens (including phenoxy) is 1. The highest BCUT2D eigenvalue weighted by Gasteiger charge is 2.42. The van der Waals surface area contributed by atoms with Crippen LogP contribution in [0.1, 0.15) is 44.1 Å². The molecule has 0 aromatic heterocycles. The Morgan fingerprint density at radius 1 is 1.28 bits per heavy atom. The van der Waals surface area contributed by atoms with E-state index in [0.29, 0.717) is 5.92 Å². The molecule has 0 amide bonds. The van der Waals surface area contributed by atoms with Crippen LogP contribution in [0.4, 0.5) is 0 Å². The summed E-state index contributed by atoms with van der Waals surface area (Å²) in [5.41, 5.74) is 0.929. The Bertz CT molecular complexity index is 548. The number of benzene rings is 1. The zero-order valence-corrected chi connectivity index (χ0v) is 15.9. The maximum atomic E-state index is 10.8. The molecule has 1 aliphatic heterocycles. The molecule has 4 heteroatoms. The van der Waals surface area contributed by atoms with E-state index in [2.05, 4.69) is 48.2 Å². The number of aliphatic hydroxyl groups is 1. The molecule has 4 nitrogen and oxygen atoms in total. The third-order valence-electron chi connectivity index (χ3n) is 5.83. The molecule has 0 radical (unpaired) electrons. The van der Waals surface area contributed by atoms with Crippen LogP contribution in [0.2, 0.25) is 0 Å². The molecule has 2 aliphatic rings. The van der Waals surface area contributed by atoms with Gasteiger partial charge in [0.1, 0.15) is 5.75 Å². The Balaban J connectivity index is 1.50. The SMILES string of the molecule is CN(C)CCCOc1cccc(CN2CC[C@@]3(O)CCCC[C@H]3C2)c1. The van der Waals surface area contributed by atoms with Crippen molar-refractivity contribution in [2.24, 2.45) is 5.92 Å². The molecule has 140 valence electrons. The smallest absolute Gasteiger partial charge is 0.119 e. The maximum absolute atomic E-state index is 10.8. The minimum atomic E-state index is -0.383. The predicted octanol–water partition coefficient (Wildman–Crippen LogP) is 3.14. The first-order chi connectivity index (χ1) is 12.0. The summed E-state index contributed by atoms with van der Waals surface area (Å²) < 4.78 is 5.90. The number of fused-ring (bicyclic) bond motifs is 1. The summed E-state index contributed by atoms with van der Waals surface area (Å²) in [4.78, 5) is 4.69. The van der Waals surface area contributed by atoms with E-state index < -0.39 is 0 Å². The Morgan fingerprint density at radius 3 is 3.00 bits per heavy atom. The standard InChI is InChI=1S/C21H34N2O2/c1-22(2)12-6-14-25-20-9-5-7-18(15-20)16-23-13-11-21(24)10-4-3-8-19(21)17-23/h5,7,9,15,19,24H,3-4,6,8,10-14,16-17H2,1-2H3/t19-,21-/m0/s1. The topological polar surface area (TPSA) is 35.9 Å². The lowest BCUT2D eigenvalue weighted by molar-refractivity contribution is -0.0967. The number of nitrogens with zero attached hydrogens (tertiary/aromatic N) is 2. The van der Waals surface area contributed by atoms with Gasteiger partial charge in [0.05, 0.1) is 12.2 Å². The molecule has 0 unspecified atom stereocenters. The third-order valence-corrected chi connectivity index (χ3v) is 5.83. The van der Waals surface area contributed by atoms with Crippen LogP contribution < -0.4 is 4.74 Å². The summed E-state index contributed by atoms with van der Waals surface area (Å²) in [6.45, 7) is 4.81. The summed E-state index contributed by atoms with van der Waals surface area (Å²) in [6.07, 6.45) is 6.63. The Labute approximate surface area is 152 Å². The van der Waals surface area contributed by atoms with Crippen molar-refractivity contribution < 1.29 is 9.84 Å². The second kappa shape index (κ2) is 8.52. The van der Waals surface area contributed by atoms with E-state index in [4.69, 9.17) is 4.74 Å². The first-order valence-electron chi connectivity index (χ1n) is 9.86. The van der Waals surface area contributed by atoms with Gasteiger partial charge in [-0.1, -0.05) is 25.0 Å². The largest absolute Gasteiger partial charge is 0.494 e. The predicted molar refractivity (Wildman–Crippen MR) is 102 cm³/mol.